The molecule has 1 heterocycles. The molecule has 0 atom stereocenters. The molecule has 0 aliphatic carbocycles. The average Bonchev–Trinajstić information content (AvgIpc) is 2.44. The Hall–Kier alpha value is -1.43. The lowest BCUT2D eigenvalue weighted by atomic mass is 10.2. The zero-order valence-electron chi connectivity index (χ0n) is 10.7. The number of aromatic nitrogens is 2. The maximum Gasteiger partial charge on any atom is 0.159 e. The molecule has 0 bridgehead atoms. The molecule has 0 amide bonds. The number of halogens is 1. The van der Waals surface area contributed by atoms with Gasteiger partial charge in [0.25, 0.3) is 0 Å². The van der Waals surface area contributed by atoms with Gasteiger partial charge in [0.05, 0.1) is 19.8 Å². The Morgan fingerprint density at radius 1 is 1.21 bits per heavy atom. The molecule has 0 unspecified atom stereocenters. The first kappa shape index (κ1) is 14.0. The van der Waals surface area contributed by atoms with Crippen molar-refractivity contribution in [2.75, 3.05) is 38.3 Å². The van der Waals surface area contributed by atoms with E-state index in [9.17, 15) is 0 Å². The quantitative estimate of drug-likeness (QED) is 0.817. The molecule has 0 aliphatic heterocycles. The van der Waals surface area contributed by atoms with E-state index in [1.54, 1.807) is 0 Å². The third kappa shape index (κ3) is 3.32. The average molecular weight is 282 g/mol. The van der Waals surface area contributed by atoms with Gasteiger partial charge in [-0.15, -0.1) is 10.2 Å². The zero-order chi connectivity index (χ0) is 13.7. The molecule has 0 aliphatic rings. The molecule has 1 N–H and O–H groups in total. The second-order valence-electron chi connectivity index (χ2n) is 4.12. The summed E-state index contributed by atoms with van der Waals surface area (Å²) in [6.45, 7) is 1.57. The highest BCUT2D eigenvalue weighted by atomic mass is 35.5. The fourth-order valence-electron chi connectivity index (χ4n) is 1.81. The molecule has 2 aromatic rings. The van der Waals surface area contributed by atoms with Crippen LogP contribution in [0.1, 0.15) is 0 Å². The molecule has 19 heavy (non-hydrogen) atoms. The van der Waals surface area contributed by atoms with Crippen LogP contribution in [0.5, 0.6) is 0 Å². The standard InChI is InChI=1S/C13H16ClN3O2/c1-17(6-8-19-9-7-18)13-11-5-3-2-4-10(11)12(14)15-16-13/h2-5,18H,6-9H2,1H3. The van der Waals surface area contributed by atoms with Crippen LogP contribution in [-0.4, -0.2) is 48.7 Å². The molecule has 2 rings (SSSR count). The van der Waals surface area contributed by atoms with Gasteiger partial charge in [0.2, 0.25) is 0 Å². The summed E-state index contributed by atoms with van der Waals surface area (Å²) in [6, 6.07) is 7.76. The normalized spacial score (nSPS) is 10.9. The number of benzene rings is 1. The number of fused-ring (bicyclic) bond motifs is 1. The summed E-state index contributed by atoms with van der Waals surface area (Å²) >= 11 is 6.03. The Labute approximate surface area is 116 Å². The van der Waals surface area contributed by atoms with E-state index >= 15 is 0 Å². The van der Waals surface area contributed by atoms with Crippen molar-refractivity contribution in [2.24, 2.45) is 0 Å². The number of ether oxygens (including phenoxy) is 1. The molecule has 102 valence electrons. The Morgan fingerprint density at radius 3 is 2.68 bits per heavy atom. The van der Waals surface area contributed by atoms with Gasteiger partial charge in [-0.1, -0.05) is 35.9 Å². The van der Waals surface area contributed by atoms with Crippen molar-refractivity contribution in [3.05, 3.63) is 29.4 Å². The minimum Gasteiger partial charge on any atom is -0.394 e. The van der Waals surface area contributed by atoms with E-state index < -0.39 is 0 Å². The Kier molecular flexibility index (Phi) is 4.90. The largest absolute Gasteiger partial charge is 0.394 e. The van der Waals surface area contributed by atoms with Crippen molar-refractivity contribution < 1.29 is 9.84 Å². The van der Waals surface area contributed by atoms with Crippen LogP contribution in [0.25, 0.3) is 10.8 Å². The summed E-state index contributed by atoms with van der Waals surface area (Å²) < 4.78 is 5.24. The lowest BCUT2D eigenvalue weighted by molar-refractivity contribution is 0.0971. The van der Waals surface area contributed by atoms with Crippen molar-refractivity contribution in [1.29, 1.82) is 0 Å². The minimum atomic E-state index is 0.0351. The van der Waals surface area contributed by atoms with Gasteiger partial charge < -0.3 is 14.7 Å². The summed E-state index contributed by atoms with van der Waals surface area (Å²) in [4.78, 5) is 1.96. The maximum absolute atomic E-state index is 8.64. The monoisotopic (exact) mass is 281 g/mol. The zero-order valence-corrected chi connectivity index (χ0v) is 11.5. The topological polar surface area (TPSA) is 58.5 Å². The SMILES string of the molecule is CN(CCOCCO)c1nnc(Cl)c2ccccc12. The fourth-order valence-corrected chi connectivity index (χ4v) is 2.02. The van der Waals surface area contributed by atoms with E-state index in [0.717, 1.165) is 16.6 Å². The van der Waals surface area contributed by atoms with Crippen LogP contribution < -0.4 is 4.90 Å². The third-order valence-corrected chi connectivity index (χ3v) is 3.07. The first-order chi connectivity index (χ1) is 9.24. The number of likely N-dealkylation sites (N-methyl/N-ethyl adjacent to an activating group) is 1. The Balaban J connectivity index is 2.18. The molecular weight excluding hydrogens is 266 g/mol. The van der Waals surface area contributed by atoms with Crippen molar-refractivity contribution in [2.45, 2.75) is 0 Å². The lowest BCUT2D eigenvalue weighted by Crippen LogP contribution is -2.24. The van der Waals surface area contributed by atoms with Gasteiger partial charge in [-0.3, -0.25) is 0 Å². The molecule has 1 aromatic carbocycles. The molecule has 5 nitrogen and oxygen atoms in total. The predicted octanol–water partition coefficient (Wildman–Crippen LogP) is 1.73. The van der Waals surface area contributed by atoms with Crippen LogP contribution >= 0.6 is 11.6 Å². The maximum atomic E-state index is 8.64. The molecule has 1 aromatic heterocycles. The van der Waals surface area contributed by atoms with Crippen LogP contribution in [-0.2, 0) is 4.74 Å². The van der Waals surface area contributed by atoms with Crippen molar-refractivity contribution in [3.8, 4) is 0 Å². The second kappa shape index (κ2) is 6.65. The van der Waals surface area contributed by atoms with Gasteiger partial charge in [0.1, 0.15) is 0 Å². The minimum absolute atomic E-state index is 0.0351. The Bertz CT molecular complexity index is 550. The smallest absolute Gasteiger partial charge is 0.159 e. The van der Waals surface area contributed by atoms with E-state index in [0.29, 0.717) is 24.9 Å². The fraction of sp³-hybridized carbons (Fsp3) is 0.385. The van der Waals surface area contributed by atoms with Crippen LogP contribution in [0.15, 0.2) is 24.3 Å². The summed E-state index contributed by atoms with van der Waals surface area (Å²) in [7, 11) is 1.92. The second-order valence-corrected chi connectivity index (χ2v) is 4.48. The van der Waals surface area contributed by atoms with E-state index in [1.165, 1.54) is 0 Å². The van der Waals surface area contributed by atoms with E-state index in [-0.39, 0.29) is 6.61 Å². The molecule has 0 saturated carbocycles. The number of hydrogen-bond donors (Lipinski definition) is 1. The van der Waals surface area contributed by atoms with Crippen molar-refractivity contribution in [1.82, 2.24) is 10.2 Å². The summed E-state index contributed by atoms with van der Waals surface area (Å²) in [5, 5.41) is 19.0. The van der Waals surface area contributed by atoms with Gasteiger partial charge in [0.15, 0.2) is 11.0 Å². The number of anilines is 1. The van der Waals surface area contributed by atoms with Crippen LogP contribution in [0, 0.1) is 0 Å². The first-order valence-corrected chi connectivity index (χ1v) is 6.42. The number of rotatable bonds is 6. The number of nitrogens with zero attached hydrogens (tertiary/aromatic N) is 3. The number of hydrogen-bond acceptors (Lipinski definition) is 5. The predicted molar refractivity (Wildman–Crippen MR) is 75.7 cm³/mol. The highest BCUT2D eigenvalue weighted by molar-refractivity contribution is 6.34. The van der Waals surface area contributed by atoms with E-state index in [4.69, 9.17) is 21.4 Å². The number of aliphatic hydroxyl groups excluding tert-OH is 1. The highest BCUT2D eigenvalue weighted by Gasteiger charge is 2.10. The van der Waals surface area contributed by atoms with Crippen molar-refractivity contribution in [3.63, 3.8) is 0 Å². The first-order valence-electron chi connectivity index (χ1n) is 6.04. The molecule has 0 saturated heterocycles. The lowest BCUT2D eigenvalue weighted by Gasteiger charge is -2.19. The Morgan fingerprint density at radius 2 is 1.95 bits per heavy atom. The molecule has 0 radical (unpaired) electrons. The summed E-state index contributed by atoms with van der Waals surface area (Å²) in [5.74, 6) is 0.771. The molecule has 6 heteroatoms. The van der Waals surface area contributed by atoms with E-state index in [1.807, 2.05) is 36.2 Å². The van der Waals surface area contributed by atoms with Crippen LogP contribution in [0.4, 0.5) is 5.82 Å². The van der Waals surface area contributed by atoms with Crippen LogP contribution in [0.2, 0.25) is 5.15 Å². The molecular formula is C13H16ClN3O2. The van der Waals surface area contributed by atoms with Gasteiger partial charge in [-0.05, 0) is 0 Å². The van der Waals surface area contributed by atoms with Crippen LogP contribution in [0.3, 0.4) is 0 Å². The third-order valence-electron chi connectivity index (χ3n) is 2.79. The summed E-state index contributed by atoms with van der Waals surface area (Å²) in [5.41, 5.74) is 0. The highest BCUT2D eigenvalue weighted by Crippen LogP contribution is 2.27. The molecule has 0 fully saturated rings. The van der Waals surface area contributed by atoms with Gasteiger partial charge in [0, 0.05) is 24.4 Å². The number of aliphatic hydroxyl groups is 1. The van der Waals surface area contributed by atoms with Crippen molar-refractivity contribution >= 4 is 28.2 Å². The van der Waals surface area contributed by atoms with Gasteiger partial charge in [-0.25, -0.2) is 0 Å². The van der Waals surface area contributed by atoms with Gasteiger partial charge in [-0.2, -0.15) is 0 Å². The molecule has 0 spiro atoms. The van der Waals surface area contributed by atoms with E-state index in [2.05, 4.69) is 10.2 Å². The van der Waals surface area contributed by atoms with Gasteiger partial charge >= 0.3 is 0 Å². The summed E-state index contributed by atoms with van der Waals surface area (Å²) in [6.07, 6.45) is 0.